The van der Waals surface area contributed by atoms with E-state index in [1.807, 2.05) is 0 Å². The molecule has 13 nitrogen and oxygen atoms in total. The smallest absolute Gasteiger partial charge is 0.389 e. The van der Waals surface area contributed by atoms with Gasteiger partial charge in [-0.2, -0.15) is 0 Å². The highest BCUT2D eigenvalue weighted by atomic mass is 32.7. The van der Waals surface area contributed by atoms with Crippen LogP contribution in [0.1, 0.15) is 25.6 Å². The van der Waals surface area contributed by atoms with E-state index >= 15 is 0 Å². The Bertz CT molecular complexity index is 1580. The van der Waals surface area contributed by atoms with Gasteiger partial charge in [-0.25, -0.2) is 19.5 Å². The molecule has 40 heavy (non-hydrogen) atoms. The average molecular weight is 588 g/mol. The van der Waals surface area contributed by atoms with E-state index in [1.165, 1.54) is 18.9 Å². The number of ether oxygens (including phenoxy) is 2. The number of carbonyl (C=O) groups excluding carboxylic acids is 1. The first-order valence-electron chi connectivity index (χ1n) is 12.4. The minimum Gasteiger partial charge on any atom is -0.472 e. The molecular formula is C25H26N5O8PS. The number of esters is 1. The van der Waals surface area contributed by atoms with Gasteiger partial charge in [0.2, 0.25) is 0 Å². The first-order valence-corrected chi connectivity index (χ1v) is 15.6. The predicted molar refractivity (Wildman–Crippen MR) is 144 cm³/mol. The van der Waals surface area contributed by atoms with E-state index in [1.54, 1.807) is 48.7 Å². The highest BCUT2D eigenvalue weighted by Gasteiger charge is 2.53. The van der Waals surface area contributed by atoms with E-state index in [0.717, 1.165) is 16.9 Å². The molecule has 0 bridgehead atoms. The van der Waals surface area contributed by atoms with Crippen molar-refractivity contribution in [1.82, 2.24) is 19.5 Å². The Morgan fingerprint density at radius 3 is 2.80 bits per heavy atom. The first kappa shape index (κ1) is 26.9. The Morgan fingerprint density at radius 2 is 2.08 bits per heavy atom. The Kier molecular flexibility index (Phi) is 7.15. The minimum atomic E-state index is -3.65. The predicted octanol–water partition coefficient (Wildman–Crippen LogP) is 3.95. The molecule has 5 unspecified atom stereocenters. The summed E-state index contributed by atoms with van der Waals surface area (Å²) in [5, 5.41) is 11.3. The Labute approximate surface area is 232 Å². The lowest BCUT2D eigenvalue weighted by atomic mass is 10.1. The lowest BCUT2D eigenvalue weighted by molar-refractivity contribution is -0.137. The summed E-state index contributed by atoms with van der Waals surface area (Å²) in [6, 6.07) is 8.60. The van der Waals surface area contributed by atoms with E-state index in [4.69, 9.17) is 28.7 Å². The van der Waals surface area contributed by atoms with Gasteiger partial charge in [-0.1, -0.05) is 26.0 Å². The maximum absolute atomic E-state index is 13.5. The van der Waals surface area contributed by atoms with Crippen LogP contribution in [0.4, 0.5) is 5.82 Å². The minimum absolute atomic E-state index is 0.0443. The van der Waals surface area contributed by atoms with E-state index in [-0.39, 0.29) is 24.3 Å². The van der Waals surface area contributed by atoms with Gasteiger partial charge >= 0.3 is 12.8 Å². The Morgan fingerprint density at radius 1 is 1.27 bits per heavy atom. The van der Waals surface area contributed by atoms with Gasteiger partial charge in [0.25, 0.3) is 0 Å². The van der Waals surface area contributed by atoms with Crippen LogP contribution < -0.4 is 10.5 Å². The number of aliphatic hydroxyl groups excluding tert-OH is 1. The first-order chi connectivity index (χ1) is 19.2. The third-order valence-electron chi connectivity index (χ3n) is 6.50. The normalized spacial score (nSPS) is 26.3. The zero-order chi connectivity index (χ0) is 28.0. The summed E-state index contributed by atoms with van der Waals surface area (Å²) in [6.45, 7) is -0.175. The molecule has 210 valence electrons. The van der Waals surface area contributed by atoms with Crippen molar-refractivity contribution < 1.29 is 37.4 Å². The highest BCUT2D eigenvalue weighted by molar-refractivity contribution is 8.54. The summed E-state index contributed by atoms with van der Waals surface area (Å²) >= 11 is 1.00. The number of hydrogen-bond acceptors (Lipinski definition) is 13. The third kappa shape index (κ3) is 5.02. The number of nitrogen functional groups attached to an aromatic ring is 1. The lowest BCUT2D eigenvalue weighted by Gasteiger charge is -2.31. The van der Waals surface area contributed by atoms with Crippen molar-refractivity contribution in [1.29, 1.82) is 0 Å². The zero-order valence-electron chi connectivity index (χ0n) is 21.4. The van der Waals surface area contributed by atoms with Gasteiger partial charge in [0.15, 0.2) is 23.2 Å². The molecule has 0 aliphatic carbocycles. The number of aliphatic hydroxyl groups is 1. The van der Waals surface area contributed by atoms with Crippen LogP contribution in [-0.4, -0.2) is 55.5 Å². The number of anilines is 1. The van der Waals surface area contributed by atoms with Crippen molar-refractivity contribution in [2.24, 2.45) is 5.92 Å². The highest BCUT2D eigenvalue weighted by Crippen LogP contribution is 2.66. The van der Waals surface area contributed by atoms with Gasteiger partial charge in [-0.3, -0.25) is 18.4 Å². The second-order valence-corrected chi connectivity index (χ2v) is 13.6. The standard InChI is InChI=1S/C25H26N5O8PS/c1-13(2)25(32)36-16-5-3-14(4-6-16)11-40-39(33)35-10-17-20(38-39)19(31)24(37-17)30-22(15-7-8-34-9-15)29-18-21(26)27-12-28-23(18)30/h3-9,12-13,17,19-20,24,31H,10-11H2,1-2H3,(H2,26,27,28). The van der Waals surface area contributed by atoms with Crippen LogP contribution in [-0.2, 0) is 28.9 Å². The Hall–Kier alpha value is -3.26. The zero-order valence-corrected chi connectivity index (χ0v) is 23.2. The van der Waals surface area contributed by atoms with Crippen LogP contribution in [0, 0.1) is 5.92 Å². The number of nitrogens with two attached hydrogens (primary N) is 1. The topological polar surface area (TPSA) is 174 Å². The number of fused-ring (bicyclic) bond motifs is 2. The average Bonchev–Trinajstić information content (AvgIpc) is 3.67. The monoisotopic (exact) mass is 587 g/mol. The summed E-state index contributed by atoms with van der Waals surface area (Å²) < 4.78 is 43.3. The van der Waals surface area contributed by atoms with Crippen molar-refractivity contribution in [3.05, 3.63) is 54.7 Å². The fraction of sp³-hybridized carbons (Fsp3) is 0.360. The molecule has 5 atom stereocenters. The summed E-state index contributed by atoms with van der Waals surface area (Å²) in [7, 11) is 0. The quantitative estimate of drug-likeness (QED) is 0.181. The molecule has 6 rings (SSSR count). The van der Waals surface area contributed by atoms with Crippen LogP contribution in [0.2, 0.25) is 0 Å². The van der Waals surface area contributed by atoms with Crippen LogP contribution in [0.3, 0.4) is 0 Å². The third-order valence-corrected chi connectivity index (χ3v) is 10.2. The largest absolute Gasteiger partial charge is 0.472 e. The number of nitrogens with zero attached hydrogens (tertiary/aromatic N) is 4. The van der Waals surface area contributed by atoms with E-state index in [0.29, 0.717) is 34.1 Å². The van der Waals surface area contributed by atoms with Gasteiger partial charge in [0, 0.05) is 5.75 Å². The fourth-order valence-electron chi connectivity index (χ4n) is 4.41. The van der Waals surface area contributed by atoms with Gasteiger partial charge in [-0.15, -0.1) is 0 Å². The van der Waals surface area contributed by atoms with Gasteiger partial charge < -0.3 is 24.7 Å². The molecule has 15 heteroatoms. The van der Waals surface area contributed by atoms with Crippen molar-refractivity contribution in [2.75, 3.05) is 12.3 Å². The SMILES string of the molecule is CC(C)C(=O)Oc1ccc(CSP2(=O)OCC3OC(n4c(-c5ccoc5)nc5c(N)ncnc54)C(O)C3O2)cc1. The molecule has 2 aliphatic rings. The molecular weight excluding hydrogens is 561 g/mol. The van der Waals surface area contributed by atoms with Crippen molar-refractivity contribution in [3.8, 4) is 17.1 Å². The second-order valence-electron chi connectivity index (χ2n) is 9.61. The number of aromatic nitrogens is 4. The van der Waals surface area contributed by atoms with Crippen molar-refractivity contribution >= 4 is 41.1 Å². The molecule has 1 aromatic carbocycles. The molecule has 0 radical (unpaired) electrons. The number of carbonyl (C=O) groups is 1. The molecule has 2 saturated heterocycles. The fourth-order valence-corrected chi connectivity index (χ4v) is 7.81. The van der Waals surface area contributed by atoms with Crippen molar-refractivity contribution in [2.45, 2.75) is 44.1 Å². The molecule has 5 heterocycles. The van der Waals surface area contributed by atoms with Crippen LogP contribution in [0.25, 0.3) is 22.6 Å². The van der Waals surface area contributed by atoms with E-state index in [9.17, 15) is 14.5 Å². The van der Waals surface area contributed by atoms with Gasteiger partial charge in [0.05, 0.1) is 24.4 Å². The number of furan rings is 1. The van der Waals surface area contributed by atoms with Crippen LogP contribution in [0.15, 0.2) is 53.6 Å². The molecule has 2 aliphatic heterocycles. The molecule has 3 aromatic heterocycles. The molecule has 0 saturated carbocycles. The molecule has 0 spiro atoms. The summed E-state index contributed by atoms with van der Waals surface area (Å²) in [5.41, 5.74) is 8.18. The van der Waals surface area contributed by atoms with E-state index in [2.05, 4.69) is 15.0 Å². The summed E-state index contributed by atoms with van der Waals surface area (Å²) in [4.78, 5) is 24.7. The van der Waals surface area contributed by atoms with Gasteiger partial charge in [-0.05, 0) is 35.1 Å². The maximum Gasteiger partial charge on any atom is 0.389 e. The number of benzene rings is 1. The number of imidazole rings is 1. The number of hydrogen-bond donors (Lipinski definition) is 2. The van der Waals surface area contributed by atoms with E-state index < -0.39 is 31.3 Å². The molecule has 4 aromatic rings. The molecule has 2 fully saturated rings. The second kappa shape index (κ2) is 10.6. The number of rotatable bonds is 7. The molecule has 0 amide bonds. The summed E-state index contributed by atoms with van der Waals surface area (Å²) in [6.07, 6.45) is 0.471. The van der Waals surface area contributed by atoms with Gasteiger partial charge in [0.1, 0.15) is 42.5 Å². The summed E-state index contributed by atoms with van der Waals surface area (Å²) in [5.74, 6) is 0.746. The maximum atomic E-state index is 13.5. The van der Waals surface area contributed by atoms with Crippen LogP contribution in [0.5, 0.6) is 5.75 Å². The Balaban J connectivity index is 1.18. The van der Waals surface area contributed by atoms with Crippen LogP contribution >= 0.6 is 18.2 Å². The van der Waals surface area contributed by atoms with Crippen molar-refractivity contribution in [3.63, 3.8) is 0 Å². The lowest BCUT2D eigenvalue weighted by Crippen LogP contribution is -2.38. The molecule has 3 N–H and O–H groups in total.